The van der Waals surface area contributed by atoms with E-state index in [1.165, 1.54) is 0 Å². The summed E-state index contributed by atoms with van der Waals surface area (Å²) in [6.45, 7) is 2.10. The minimum absolute atomic E-state index is 0. The van der Waals surface area contributed by atoms with Crippen LogP contribution in [0.3, 0.4) is 0 Å². The molecule has 2 atom stereocenters. The van der Waals surface area contributed by atoms with E-state index in [0.29, 0.717) is 12.5 Å². The van der Waals surface area contributed by atoms with Crippen LogP contribution in [0.4, 0.5) is 13.2 Å². The molecular formula is C12H16ClF3N2O2S. The molecule has 21 heavy (non-hydrogen) atoms. The van der Waals surface area contributed by atoms with E-state index in [-0.39, 0.29) is 37.5 Å². The Kier molecular flexibility index (Phi) is 5.65. The van der Waals surface area contributed by atoms with Gasteiger partial charge in [0.05, 0.1) is 0 Å². The van der Waals surface area contributed by atoms with Gasteiger partial charge in [-0.1, -0.05) is 0 Å². The third-order valence-corrected chi connectivity index (χ3v) is 5.43. The Hall–Kier alpha value is -0.830. The molecule has 2 unspecified atom stereocenters. The third-order valence-electron chi connectivity index (χ3n) is 3.55. The lowest BCUT2D eigenvalue weighted by molar-refractivity contribution is 0.412. The molecule has 9 heteroatoms. The van der Waals surface area contributed by atoms with E-state index in [1.54, 1.807) is 6.92 Å². The Labute approximate surface area is 127 Å². The minimum atomic E-state index is -4.18. The number of hydrogen-bond acceptors (Lipinski definition) is 3. The lowest BCUT2D eigenvalue weighted by atomic mass is 10.0. The Morgan fingerprint density at radius 3 is 2.43 bits per heavy atom. The van der Waals surface area contributed by atoms with Gasteiger partial charge in [-0.25, -0.2) is 21.6 Å². The highest BCUT2D eigenvalue weighted by Crippen LogP contribution is 2.28. The molecule has 0 saturated carbocycles. The molecule has 1 fully saturated rings. The quantitative estimate of drug-likeness (QED) is 0.852. The van der Waals surface area contributed by atoms with Gasteiger partial charge in [-0.15, -0.1) is 12.4 Å². The molecule has 120 valence electrons. The van der Waals surface area contributed by atoms with Crippen molar-refractivity contribution in [1.82, 2.24) is 4.31 Å². The van der Waals surface area contributed by atoms with Gasteiger partial charge in [0.1, 0.15) is 4.90 Å². The number of nitrogens with zero attached hydrogens (tertiary/aromatic N) is 1. The van der Waals surface area contributed by atoms with Crippen molar-refractivity contribution < 1.29 is 21.6 Å². The van der Waals surface area contributed by atoms with Crippen LogP contribution < -0.4 is 5.73 Å². The molecule has 1 saturated heterocycles. The summed E-state index contributed by atoms with van der Waals surface area (Å²) in [6, 6.07) is 1.15. The fourth-order valence-electron chi connectivity index (χ4n) is 2.25. The molecule has 1 aliphatic rings. The highest BCUT2D eigenvalue weighted by molar-refractivity contribution is 7.89. The number of rotatable bonds is 3. The number of benzene rings is 1. The van der Waals surface area contributed by atoms with Crippen LogP contribution in [0.15, 0.2) is 17.0 Å². The van der Waals surface area contributed by atoms with Crippen molar-refractivity contribution in [2.75, 3.05) is 13.1 Å². The average molecular weight is 345 g/mol. The Morgan fingerprint density at radius 2 is 1.90 bits per heavy atom. The predicted octanol–water partition coefficient (Wildman–Crippen LogP) is 1.88. The van der Waals surface area contributed by atoms with Crippen molar-refractivity contribution in [2.24, 2.45) is 11.7 Å². The van der Waals surface area contributed by atoms with Crippen LogP contribution in [0.2, 0.25) is 0 Å². The first-order valence-electron chi connectivity index (χ1n) is 6.14. The lowest BCUT2D eigenvalue weighted by Crippen LogP contribution is -2.33. The van der Waals surface area contributed by atoms with Gasteiger partial charge in [0.25, 0.3) is 0 Å². The minimum Gasteiger partial charge on any atom is -0.328 e. The zero-order valence-electron chi connectivity index (χ0n) is 11.2. The maximum Gasteiger partial charge on any atom is 0.246 e. The monoisotopic (exact) mass is 344 g/mol. The number of sulfonamides is 1. The molecule has 2 rings (SSSR count). The van der Waals surface area contributed by atoms with Gasteiger partial charge in [0.15, 0.2) is 17.5 Å². The number of nitrogens with two attached hydrogens (primary N) is 1. The molecule has 1 aromatic carbocycles. The Morgan fingerprint density at radius 1 is 1.29 bits per heavy atom. The predicted molar refractivity (Wildman–Crippen MR) is 74.1 cm³/mol. The SMILES string of the molecule is CC(N)C1CCN(S(=O)(=O)c2ccc(F)c(F)c2F)C1.Cl. The molecule has 0 bridgehead atoms. The van der Waals surface area contributed by atoms with Gasteiger partial charge in [-0.05, 0) is 31.4 Å². The van der Waals surface area contributed by atoms with Crippen molar-refractivity contribution in [1.29, 1.82) is 0 Å². The summed E-state index contributed by atoms with van der Waals surface area (Å²) in [6.07, 6.45) is 0.558. The molecule has 1 heterocycles. The van der Waals surface area contributed by atoms with Gasteiger partial charge in [0.2, 0.25) is 10.0 Å². The normalized spacial score (nSPS) is 21.1. The standard InChI is InChI=1S/C12H15F3N2O2S.ClH/c1-7(16)8-4-5-17(6-8)20(18,19)10-3-2-9(13)11(14)12(10)15;/h2-3,7-8H,4-6,16H2,1H3;1H. The maximum atomic E-state index is 13.6. The molecule has 0 radical (unpaired) electrons. The first kappa shape index (κ1) is 18.2. The summed E-state index contributed by atoms with van der Waals surface area (Å²) in [5, 5.41) is 0. The van der Waals surface area contributed by atoms with Gasteiger partial charge < -0.3 is 5.73 Å². The van der Waals surface area contributed by atoms with Crippen LogP contribution in [0.1, 0.15) is 13.3 Å². The molecule has 0 aliphatic carbocycles. The van der Waals surface area contributed by atoms with Crippen LogP contribution in [0, 0.1) is 23.4 Å². The van der Waals surface area contributed by atoms with Gasteiger partial charge in [0, 0.05) is 19.1 Å². The summed E-state index contributed by atoms with van der Waals surface area (Å²) in [5.74, 6) is -4.92. The van der Waals surface area contributed by atoms with E-state index in [2.05, 4.69) is 0 Å². The fourth-order valence-corrected chi connectivity index (χ4v) is 3.82. The van der Waals surface area contributed by atoms with Crippen molar-refractivity contribution in [3.63, 3.8) is 0 Å². The van der Waals surface area contributed by atoms with Crippen LogP contribution in [-0.4, -0.2) is 31.9 Å². The zero-order valence-corrected chi connectivity index (χ0v) is 12.9. The molecule has 0 aromatic heterocycles. The Balaban J connectivity index is 0.00000220. The van der Waals surface area contributed by atoms with Crippen LogP contribution in [-0.2, 0) is 10.0 Å². The van der Waals surface area contributed by atoms with E-state index < -0.39 is 32.4 Å². The van der Waals surface area contributed by atoms with Crippen molar-refractivity contribution in [3.05, 3.63) is 29.6 Å². The van der Waals surface area contributed by atoms with Crippen molar-refractivity contribution in [3.8, 4) is 0 Å². The van der Waals surface area contributed by atoms with E-state index in [4.69, 9.17) is 5.73 Å². The molecule has 0 amide bonds. The van der Waals surface area contributed by atoms with Gasteiger partial charge in [-0.2, -0.15) is 4.31 Å². The van der Waals surface area contributed by atoms with E-state index >= 15 is 0 Å². The average Bonchev–Trinajstić information content (AvgIpc) is 2.86. The number of hydrogen-bond donors (Lipinski definition) is 1. The van der Waals surface area contributed by atoms with Gasteiger partial charge in [-0.3, -0.25) is 0 Å². The van der Waals surface area contributed by atoms with E-state index in [0.717, 1.165) is 10.4 Å². The molecule has 2 N–H and O–H groups in total. The molecular weight excluding hydrogens is 329 g/mol. The smallest absolute Gasteiger partial charge is 0.246 e. The van der Waals surface area contributed by atoms with Gasteiger partial charge >= 0.3 is 0 Å². The zero-order chi connectivity index (χ0) is 15.1. The van der Waals surface area contributed by atoms with Crippen LogP contribution in [0.5, 0.6) is 0 Å². The molecule has 0 spiro atoms. The Bertz CT molecular complexity index is 625. The second kappa shape index (κ2) is 6.51. The maximum absolute atomic E-state index is 13.6. The highest BCUT2D eigenvalue weighted by atomic mass is 35.5. The van der Waals surface area contributed by atoms with Crippen LogP contribution in [0.25, 0.3) is 0 Å². The van der Waals surface area contributed by atoms with Crippen molar-refractivity contribution in [2.45, 2.75) is 24.3 Å². The van der Waals surface area contributed by atoms with E-state index in [9.17, 15) is 21.6 Å². The van der Waals surface area contributed by atoms with E-state index in [1.807, 2.05) is 0 Å². The second-order valence-electron chi connectivity index (χ2n) is 4.94. The molecule has 1 aromatic rings. The summed E-state index contributed by atoms with van der Waals surface area (Å²) in [7, 11) is -4.18. The highest BCUT2D eigenvalue weighted by Gasteiger charge is 2.36. The fraction of sp³-hybridized carbons (Fsp3) is 0.500. The van der Waals surface area contributed by atoms with Crippen molar-refractivity contribution >= 4 is 22.4 Å². The number of halogens is 4. The first-order valence-corrected chi connectivity index (χ1v) is 7.58. The second-order valence-corrected chi connectivity index (χ2v) is 6.85. The lowest BCUT2D eigenvalue weighted by Gasteiger charge is -2.18. The molecule has 4 nitrogen and oxygen atoms in total. The molecule has 1 aliphatic heterocycles. The van der Waals surface area contributed by atoms with Crippen LogP contribution >= 0.6 is 12.4 Å². The topological polar surface area (TPSA) is 63.4 Å². The summed E-state index contributed by atoms with van der Waals surface area (Å²) in [4.78, 5) is -0.846. The summed E-state index contributed by atoms with van der Waals surface area (Å²) >= 11 is 0. The first-order chi connectivity index (χ1) is 9.25. The summed E-state index contributed by atoms with van der Waals surface area (Å²) in [5.41, 5.74) is 5.71. The summed E-state index contributed by atoms with van der Waals surface area (Å²) < 4.78 is 65.2. The largest absolute Gasteiger partial charge is 0.328 e. The third kappa shape index (κ3) is 3.33.